The minimum absolute atomic E-state index is 0.180. The third-order valence-corrected chi connectivity index (χ3v) is 3.00. The van der Waals surface area contributed by atoms with Gasteiger partial charge in [0.05, 0.1) is 18.5 Å². The number of fused-ring (bicyclic) bond motifs is 1. The quantitative estimate of drug-likeness (QED) is 0.773. The molecule has 0 saturated heterocycles. The van der Waals surface area contributed by atoms with Crippen molar-refractivity contribution < 1.29 is 9.53 Å². The minimum atomic E-state index is -0.387. The second kappa shape index (κ2) is 5.16. The maximum Gasteiger partial charge on any atom is 0.278 e. The number of aromatic nitrogens is 5. The van der Waals surface area contributed by atoms with Gasteiger partial charge < -0.3 is 10.1 Å². The van der Waals surface area contributed by atoms with Crippen molar-refractivity contribution in [2.75, 3.05) is 12.4 Å². The Balaban J connectivity index is 1.95. The molecule has 0 atom stereocenters. The number of hydrogen-bond acceptors (Lipinski definition) is 6. The lowest BCUT2D eigenvalue weighted by Gasteiger charge is -2.10. The van der Waals surface area contributed by atoms with Crippen LogP contribution in [0, 0.1) is 6.92 Å². The molecule has 0 fully saturated rings. The predicted octanol–water partition coefficient (Wildman–Crippen LogP) is 1.09. The summed E-state index contributed by atoms with van der Waals surface area (Å²) in [6.45, 7) is 1.73. The Morgan fingerprint density at radius 1 is 1.29 bits per heavy atom. The minimum Gasteiger partial charge on any atom is -0.495 e. The van der Waals surface area contributed by atoms with E-state index < -0.39 is 0 Å². The summed E-state index contributed by atoms with van der Waals surface area (Å²) >= 11 is 0. The number of nitrogens with zero attached hydrogens (tertiary/aromatic N) is 5. The van der Waals surface area contributed by atoms with Gasteiger partial charge in [0, 0.05) is 0 Å². The van der Waals surface area contributed by atoms with Gasteiger partial charge in [0.2, 0.25) is 0 Å². The standard InChI is InChI=1S/C13H12N6O2/c1-8-11(17-18-13-14-7-15-19(8)13)12(20)16-9-5-3-4-6-10(9)21-2/h3-7H,1-2H3,(H,16,20). The van der Waals surface area contributed by atoms with E-state index in [1.807, 2.05) is 6.07 Å². The molecule has 0 aliphatic heterocycles. The van der Waals surface area contributed by atoms with Crippen molar-refractivity contribution in [2.24, 2.45) is 0 Å². The Morgan fingerprint density at radius 2 is 2.10 bits per heavy atom. The van der Waals surface area contributed by atoms with Crippen LogP contribution in [0.5, 0.6) is 5.75 Å². The Bertz CT molecular complexity index is 813. The van der Waals surface area contributed by atoms with E-state index in [2.05, 4.69) is 25.6 Å². The van der Waals surface area contributed by atoms with E-state index in [0.29, 0.717) is 22.9 Å². The summed E-state index contributed by atoms with van der Waals surface area (Å²) in [6, 6.07) is 7.13. The number of para-hydroxylation sites is 2. The molecule has 1 amide bonds. The highest BCUT2D eigenvalue weighted by Crippen LogP contribution is 2.23. The van der Waals surface area contributed by atoms with Crippen LogP contribution in [-0.4, -0.2) is 37.8 Å². The predicted molar refractivity (Wildman–Crippen MR) is 74.3 cm³/mol. The van der Waals surface area contributed by atoms with Gasteiger partial charge in [-0.3, -0.25) is 4.79 Å². The molecule has 21 heavy (non-hydrogen) atoms. The molecule has 0 aliphatic rings. The molecular weight excluding hydrogens is 272 g/mol. The second-order valence-corrected chi connectivity index (χ2v) is 4.26. The van der Waals surface area contributed by atoms with Crippen molar-refractivity contribution in [3.8, 4) is 5.75 Å². The number of carbonyl (C=O) groups excluding carboxylic acids is 1. The van der Waals surface area contributed by atoms with Crippen LogP contribution < -0.4 is 10.1 Å². The monoisotopic (exact) mass is 284 g/mol. The molecule has 8 nitrogen and oxygen atoms in total. The van der Waals surface area contributed by atoms with Crippen LogP contribution >= 0.6 is 0 Å². The average Bonchev–Trinajstić information content (AvgIpc) is 2.97. The maximum atomic E-state index is 12.3. The molecule has 0 aliphatic carbocycles. The van der Waals surface area contributed by atoms with Gasteiger partial charge in [0.15, 0.2) is 5.69 Å². The summed E-state index contributed by atoms with van der Waals surface area (Å²) in [5.41, 5.74) is 1.30. The molecular formula is C13H12N6O2. The largest absolute Gasteiger partial charge is 0.495 e. The van der Waals surface area contributed by atoms with Crippen molar-refractivity contribution in [1.82, 2.24) is 24.8 Å². The number of amides is 1. The van der Waals surface area contributed by atoms with E-state index in [-0.39, 0.29) is 11.6 Å². The van der Waals surface area contributed by atoms with E-state index in [1.165, 1.54) is 18.0 Å². The summed E-state index contributed by atoms with van der Waals surface area (Å²) in [6.07, 6.45) is 1.36. The molecule has 2 aromatic heterocycles. The smallest absolute Gasteiger partial charge is 0.278 e. The highest BCUT2D eigenvalue weighted by molar-refractivity contribution is 6.04. The lowest BCUT2D eigenvalue weighted by molar-refractivity contribution is 0.101. The molecule has 8 heteroatoms. The highest BCUT2D eigenvalue weighted by Gasteiger charge is 2.17. The zero-order chi connectivity index (χ0) is 14.8. The summed E-state index contributed by atoms with van der Waals surface area (Å²) < 4.78 is 6.65. The number of aryl methyl sites for hydroxylation is 1. The van der Waals surface area contributed by atoms with Gasteiger partial charge in [-0.2, -0.15) is 14.6 Å². The van der Waals surface area contributed by atoms with E-state index in [9.17, 15) is 4.79 Å². The Kier molecular flexibility index (Phi) is 3.19. The molecule has 2 heterocycles. The third-order valence-electron chi connectivity index (χ3n) is 3.00. The molecule has 0 saturated carbocycles. The van der Waals surface area contributed by atoms with Gasteiger partial charge in [0.1, 0.15) is 12.1 Å². The van der Waals surface area contributed by atoms with E-state index in [4.69, 9.17) is 4.74 Å². The first kappa shape index (κ1) is 13.0. The number of benzene rings is 1. The first-order chi connectivity index (χ1) is 10.2. The van der Waals surface area contributed by atoms with Gasteiger partial charge in [-0.15, -0.1) is 10.2 Å². The molecule has 0 spiro atoms. The fourth-order valence-corrected chi connectivity index (χ4v) is 1.95. The molecule has 3 aromatic rings. The molecule has 0 radical (unpaired) electrons. The zero-order valence-corrected chi connectivity index (χ0v) is 11.4. The zero-order valence-electron chi connectivity index (χ0n) is 11.4. The lowest BCUT2D eigenvalue weighted by atomic mass is 10.2. The normalized spacial score (nSPS) is 10.6. The number of rotatable bonds is 3. The average molecular weight is 284 g/mol. The lowest BCUT2D eigenvalue weighted by Crippen LogP contribution is -2.19. The van der Waals surface area contributed by atoms with E-state index in [1.54, 1.807) is 25.1 Å². The van der Waals surface area contributed by atoms with Crippen LogP contribution in [0.4, 0.5) is 5.69 Å². The Hall–Kier alpha value is -3.03. The molecule has 1 N–H and O–H groups in total. The van der Waals surface area contributed by atoms with Crippen LogP contribution in [-0.2, 0) is 0 Å². The maximum absolute atomic E-state index is 12.3. The van der Waals surface area contributed by atoms with Gasteiger partial charge in [-0.05, 0) is 19.1 Å². The number of hydrogen-bond donors (Lipinski definition) is 1. The number of nitrogens with one attached hydrogen (secondary N) is 1. The molecule has 3 rings (SSSR count). The van der Waals surface area contributed by atoms with Crippen LogP contribution in [0.1, 0.15) is 16.2 Å². The van der Waals surface area contributed by atoms with Crippen molar-refractivity contribution in [3.63, 3.8) is 0 Å². The first-order valence-corrected chi connectivity index (χ1v) is 6.18. The van der Waals surface area contributed by atoms with Crippen molar-refractivity contribution in [1.29, 1.82) is 0 Å². The van der Waals surface area contributed by atoms with Crippen LogP contribution in [0.2, 0.25) is 0 Å². The number of ether oxygens (including phenoxy) is 1. The van der Waals surface area contributed by atoms with Crippen LogP contribution in [0.25, 0.3) is 5.78 Å². The number of anilines is 1. The molecule has 0 unspecified atom stereocenters. The van der Waals surface area contributed by atoms with Gasteiger partial charge in [-0.1, -0.05) is 12.1 Å². The van der Waals surface area contributed by atoms with Crippen molar-refractivity contribution in [3.05, 3.63) is 42.0 Å². The number of methoxy groups -OCH3 is 1. The SMILES string of the molecule is COc1ccccc1NC(=O)c1nnc2ncnn2c1C. The van der Waals surface area contributed by atoms with E-state index in [0.717, 1.165) is 0 Å². The van der Waals surface area contributed by atoms with Crippen molar-refractivity contribution in [2.45, 2.75) is 6.92 Å². The molecule has 1 aromatic carbocycles. The molecule has 106 valence electrons. The fraction of sp³-hybridized carbons (Fsp3) is 0.154. The summed E-state index contributed by atoms with van der Waals surface area (Å²) in [5, 5.41) is 14.5. The Labute approximate surface area is 119 Å². The topological polar surface area (TPSA) is 94.3 Å². The van der Waals surface area contributed by atoms with Crippen LogP contribution in [0.15, 0.2) is 30.6 Å². The van der Waals surface area contributed by atoms with E-state index >= 15 is 0 Å². The fourth-order valence-electron chi connectivity index (χ4n) is 1.95. The summed E-state index contributed by atoms with van der Waals surface area (Å²) in [4.78, 5) is 16.3. The summed E-state index contributed by atoms with van der Waals surface area (Å²) in [5.74, 6) is 0.529. The van der Waals surface area contributed by atoms with Gasteiger partial charge >= 0.3 is 0 Å². The third kappa shape index (κ3) is 2.27. The second-order valence-electron chi connectivity index (χ2n) is 4.26. The van der Waals surface area contributed by atoms with Crippen LogP contribution in [0.3, 0.4) is 0 Å². The van der Waals surface area contributed by atoms with Crippen molar-refractivity contribution >= 4 is 17.4 Å². The first-order valence-electron chi connectivity index (χ1n) is 6.18. The highest BCUT2D eigenvalue weighted by atomic mass is 16.5. The molecule has 0 bridgehead atoms. The Morgan fingerprint density at radius 3 is 2.90 bits per heavy atom. The number of carbonyl (C=O) groups is 1. The summed E-state index contributed by atoms with van der Waals surface area (Å²) in [7, 11) is 1.54. The van der Waals surface area contributed by atoms with Gasteiger partial charge in [-0.25, -0.2) is 0 Å². The van der Waals surface area contributed by atoms with Gasteiger partial charge in [0.25, 0.3) is 11.7 Å².